The van der Waals surface area contributed by atoms with Gasteiger partial charge in [0.1, 0.15) is 6.04 Å². The normalized spacial score (nSPS) is 16.8. The van der Waals surface area contributed by atoms with Gasteiger partial charge in [0.15, 0.2) is 0 Å². The zero-order valence-electron chi connectivity index (χ0n) is 22.3. The van der Waals surface area contributed by atoms with E-state index in [1.54, 1.807) is 13.8 Å². The van der Waals surface area contributed by atoms with Gasteiger partial charge in [-0.25, -0.2) is 0 Å². The summed E-state index contributed by atoms with van der Waals surface area (Å²) in [5.41, 5.74) is -0.694. The van der Waals surface area contributed by atoms with Crippen LogP contribution in [0.25, 0.3) is 0 Å². The van der Waals surface area contributed by atoms with Gasteiger partial charge in [0, 0.05) is 25.0 Å². The molecule has 0 bridgehead atoms. The molecular weight excluding hydrogens is 492 g/mol. The third-order valence-electron chi connectivity index (χ3n) is 6.25. The number of hydrogen-bond donors (Lipinski definition) is 4. The van der Waals surface area contributed by atoms with Gasteiger partial charge in [0.25, 0.3) is 10.1 Å². The van der Waals surface area contributed by atoms with Gasteiger partial charge >= 0.3 is 0 Å². The zero-order chi connectivity index (χ0) is 27.4. The number of epoxide rings is 1. The summed E-state index contributed by atoms with van der Waals surface area (Å²) in [4.78, 5) is 38.0. The maximum Gasteiger partial charge on any atom is 0.265 e. The van der Waals surface area contributed by atoms with E-state index in [-0.39, 0.29) is 43.1 Å². The third-order valence-corrected chi connectivity index (χ3v) is 7.05. The Morgan fingerprint density at radius 2 is 1.81 bits per heavy atom. The molecule has 13 heteroatoms. The Kier molecular flexibility index (Phi) is 13.3. The van der Waals surface area contributed by atoms with Crippen LogP contribution in [0.5, 0.6) is 0 Å². The molecule has 3 amide bonds. The smallest absolute Gasteiger partial charge is 0.265 e. The van der Waals surface area contributed by atoms with E-state index in [1.165, 1.54) is 0 Å². The van der Waals surface area contributed by atoms with E-state index in [0.29, 0.717) is 43.8 Å². The summed E-state index contributed by atoms with van der Waals surface area (Å²) in [6.07, 6.45) is 1.75. The molecule has 0 spiro atoms. The number of nitrogens with zero attached hydrogens (tertiary/aromatic N) is 1. The highest BCUT2D eigenvalue weighted by Crippen LogP contribution is 2.20. The highest BCUT2D eigenvalue weighted by Gasteiger charge is 2.31. The van der Waals surface area contributed by atoms with Crippen LogP contribution in [0.2, 0.25) is 0 Å². The molecule has 1 aliphatic heterocycles. The summed E-state index contributed by atoms with van der Waals surface area (Å²) in [6.45, 7) is 8.62. The van der Waals surface area contributed by atoms with Crippen LogP contribution < -0.4 is 16.0 Å². The van der Waals surface area contributed by atoms with E-state index in [4.69, 9.17) is 14.0 Å². The number of ether oxygens (including phenoxy) is 2. The number of hydrogen-bond acceptors (Lipinski definition) is 7. The molecule has 0 aliphatic carbocycles. The molecule has 1 saturated heterocycles. The topological polar surface area (TPSA) is 163 Å². The number of amides is 3. The molecule has 0 aromatic carbocycles. The molecular formula is C23H45N4O8S+. The first kappa shape index (κ1) is 32.2. The fourth-order valence-corrected chi connectivity index (χ4v) is 3.68. The predicted molar refractivity (Wildman–Crippen MR) is 135 cm³/mol. The standard InChI is InChI=1S/C23H44N4O8S/c1-6-23(2,3)22(30)26-19(16-20(28)24-10-14-34-13-8-18-17-35-18)21(29)25-9-12-27(4,5)11-7-15-36(31,32)33/h18-19H,6-17H2,1-5H3,(H3-,24,25,26,28,29,30,31,32,33)/p+1. The number of likely N-dealkylation sites (N-methyl/N-ethyl adjacent to an activating group) is 1. The van der Waals surface area contributed by atoms with E-state index in [0.717, 1.165) is 13.0 Å². The van der Waals surface area contributed by atoms with Crippen molar-refractivity contribution in [2.45, 2.75) is 58.6 Å². The molecule has 1 heterocycles. The van der Waals surface area contributed by atoms with Crippen LogP contribution in [0.4, 0.5) is 0 Å². The lowest BCUT2D eigenvalue weighted by Crippen LogP contribution is -2.54. The Labute approximate surface area is 215 Å². The maximum atomic E-state index is 12.9. The number of carbonyl (C=O) groups is 3. The van der Waals surface area contributed by atoms with E-state index in [9.17, 15) is 22.8 Å². The molecule has 2 atom stereocenters. The maximum absolute atomic E-state index is 12.9. The molecule has 0 radical (unpaired) electrons. The zero-order valence-corrected chi connectivity index (χ0v) is 23.1. The lowest BCUT2D eigenvalue weighted by Gasteiger charge is -2.30. The van der Waals surface area contributed by atoms with E-state index in [2.05, 4.69) is 16.0 Å². The van der Waals surface area contributed by atoms with Crippen LogP contribution in [0, 0.1) is 5.41 Å². The van der Waals surface area contributed by atoms with E-state index in [1.807, 2.05) is 21.0 Å². The van der Waals surface area contributed by atoms with Gasteiger partial charge in [-0.05, 0) is 12.8 Å². The molecule has 1 fully saturated rings. The van der Waals surface area contributed by atoms with Gasteiger partial charge in [0.2, 0.25) is 17.7 Å². The molecule has 4 N–H and O–H groups in total. The second-order valence-electron chi connectivity index (χ2n) is 10.5. The molecule has 0 aromatic heterocycles. The average molecular weight is 538 g/mol. The molecule has 1 rings (SSSR count). The second-order valence-corrected chi connectivity index (χ2v) is 12.1. The molecule has 1 aliphatic rings. The molecule has 36 heavy (non-hydrogen) atoms. The summed E-state index contributed by atoms with van der Waals surface area (Å²) < 4.78 is 41.7. The van der Waals surface area contributed by atoms with Crippen molar-refractivity contribution >= 4 is 27.8 Å². The van der Waals surface area contributed by atoms with E-state index >= 15 is 0 Å². The molecule has 0 saturated carbocycles. The largest absolute Gasteiger partial charge is 0.380 e. The van der Waals surface area contributed by atoms with Crippen molar-refractivity contribution in [1.29, 1.82) is 0 Å². The van der Waals surface area contributed by atoms with Crippen LogP contribution in [-0.4, -0.2) is 113 Å². The summed E-state index contributed by atoms with van der Waals surface area (Å²) in [5.74, 6) is -1.48. The Hall–Kier alpha value is -1.80. The Balaban J connectivity index is 2.55. The van der Waals surface area contributed by atoms with Crippen molar-refractivity contribution in [3.8, 4) is 0 Å². The van der Waals surface area contributed by atoms with Crippen molar-refractivity contribution in [3.63, 3.8) is 0 Å². The third kappa shape index (κ3) is 14.7. The highest BCUT2D eigenvalue weighted by molar-refractivity contribution is 7.85. The highest BCUT2D eigenvalue weighted by atomic mass is 32.2. The summed E-state index contributed by atoms with van der Waals surface area (Å²) in [6, 6.07) is -1.04. The fraction of sp³-hybridized carbons (Fsp3) is 0.870. The van der Waals surface area contributed by atoms with Gasteiger partial charge in [-0.3, -0.25) is 18.9 Å². The van der Waals surface area contributed by atoms with Crippen LogP contribution in [-0.2, 0) is 34.0 Å². The van der Waals surface area contributed by atoms with E-state index < -0.39 is 27.5 Å². The Bertz CT molecular complexity index is 828. The predicted octanol–water partition coefficient (Wildman–Crippen LogP) is -0.310. The number of carbonyl (C=O) groups excluding carboxylic acids is 3. The van der Waals surface area contributed by atoms with Crippen LogP contribution in [0.3, 0.4) is 0 Å². The minimum atomic E-state index is -4.01. The number of quaternary nitrogens is 1. The van der Waals surface area contributed by atoms with Crippen molar-refractivity contribution in [3.05, 3.63) is 0 Å². The Morgan fingerprint density at radius 3 is 2.39 bits per heavy atom. The molecule has 0 aromatic rings. The number of rotatable bonds is 19. The first-order chi connectivity index (χ1) is 16.6. The van der Waals surface area contributed by atoms with Gasteiger partial charge in [-0.1, -0.05) is 20.8 Å². The molecule has 210 valence electrons. The van der Waals surface area contributed by atoms with Crippen molar-refractivity contribution < 1.29 is 41.3 Å². The van der Waals surface area contributed by atoms with Crippen LogP contribution >= 0.6 is 0 Å². The summed E-state index contributed by atoms with van der Waals surface area (Å²) in [7, 11) is -0.250. The SMILES string of the molecule is CCC(C)(C)C(=O)NC(CC(=O)NCCOCCC1CO1)C(=O)NCC[N+](C)(C)CCCS(=O)(=O)O. The second kappa shape index (κ2) is 14.8. The minimum absolute atomic E-state index is 0.208. The summed E-state index contributed by atoms with van der Waals surface area (Å²) >= 11 is 0. The lowest BCUT2D eigenvalue weighted by molar-refractivity contribution is -0.889. The van der Waals surface area contributed by atoms with Gasteiger partial charge < -0.3 is 29.9 Å². The van der Waals surface area contributed by atoms with Crippen LogP contribution in [0.15, 0.2) is 0 Å². The average Bonchev–Trinajstić information content (AvgIpc) is 3.58. The van der Waals surface area contributed by atoms with Crippen LogP contribution in [0.1, 0.15) is 46.5 Å². The first-order valence-corrected chi connectivity index (χ1v) is 14.1. The summed E-state index contributed by atoms with van der Waals surface area (Å²) in [5, 5.41) is 8.20. The van der Waals surface area contributed by atoms with Crippen molar-refractivity contribution in [2.75, 3.05) is 65.8 Å². The fourth-order valence-electron chi connectivity index (χ4n) is 3.19. The van der Waals surface area contributed by atoms with Gasteiger partial charge in [-0.15, -0.1) is 0 Å². The van der Waals surface area contributed by atoms with Crippen molar-refractivity contribution in [2.24, 2.45) is 5.41 Å². The molecule has 2 unspecified atom stereocenters. The first-order valence-electron chi connectivity index (χ1n) is 12.5. The Morgan fingerprint density at radius 1 is 1.14 bits per heavy atom. The minimum Gasteiger partial charge on any atom is -0.380 e. The monoisotopic (exact) mass is 537 g/mol. The lowest BCUT2D eigenvalue weighted by atomic mass is 9.89. The van der Waals surface area contributed by atoms with Gasteiger partial charge in [-0.2, -0.15) is 8.42 Å². The number of nitrogens with one attached hydrogen (secondary N) is 3. The van der Waals surface area contributed by atoms with Gasteiger partial charge in [0.05, 0.1) is 65.2 Å². The molecule has 12 nitrogen and oxygen atoms in total. The quantitative estimate of drug-likeness (QED) is 0.0754. The van der Waals surface area contributed by atoms with Crippen molar-refractivity contribution in [1.82, 2.24) is 16.0 Å².